The Morgan fingerprint density at radius 1 is 1.03 bits per heavy atom. The Morgan fingerprint density at radius 2 is 1.66 bits per heavy atom. The Morgan fingerprint density at radius 3 is 2.16 bits per heavy atom. The summed E-state index contributed by atoms with van der Waals surface area (Å²) in [6.45, 7) is 6.58. The SMILES string of the molecule is Cc1ccc(NCc2cn3c(n2)CN(Cc2cccs2)CC3)nn1.O=C(O)C(F)(F)F.O=C(O)C(F)(F)F. The van der Waals surface area contributed by atoms with Crippen molar-refractivity contribution in [2.24, 2.45) is 0 Å². The molecule has 4 heterocycles. The van der Waals surface area contributed by atoms with Crippen molar-refractivity contribution in [3.8, 4) is 0 Å². The molecule has 1 aliphatic heterocycles. The first kappa shape index (κ1) is 30.5. The molecule has 0 saturated carbocycles. The number of imidazole rings is 1. The minimum Gasteiger partial charge on any atom is -0.475 e. The number of aryl methyl sites for hydroxylation is 1. The van der Waals surface area contributed by atoms with Crippen LogP contribution in [-0.4, -0.2) is 65.7 Å². The number of thiophene rings is 1. The monoisotopic (exact) mass is 568 g/mol. The number of carboxylic acids is 2. The average Bonchev–Trinajstić information content (AvgIpc) is 3.47. The van der Waals surface area contributed by atoms with E-state index in [1.54, 1.807) is 0 Å². The second-order valence-corrected chi connectivity index (χ2v) is 8.68. The molecule has 3 aromatic rings. The van der Waals surface area contributed by atoms with Crippen molar-refractivity contribution in [2.75, 3.05) is 11.9 Å². The van der Waals surface area contributed by atoms with E-state index in [1.165, 1.54) is 4.88 Å². The van der Waals surface area contributed by atoms with Gasteiger partial charge in [-0.15, -0.1) is 16.4 Å². The lowest BCUT2D eigenvalue weighted by atomic mass is 10.3. The lowest BCUT2D eigenvalue weighted by molar-refractivity contribution is -0.193. The van der Waals surface area contributed by atoms with Crippen molar-refractivity contribution in [3.63, 3.8) is 0 Å². The van der Waals surface area contributed by atoms with Crippen LogP contribution in [0.2, 0.25) is 0 Å². The summed E-state index contributed by atoms with van der Waals surface area (Å²) in [5.41, 5.74) is 1.97. The third-order valence-electron chi connectivity index (χ3n) is 4.62. The summed E-state index contributed by atoms with van der Waals surface area (Å²) >= 11 is 1.82. The molecule has 4 rings (SSSR count). The zero-order valence-corrected chi connectivity index (χ0v) is 20.4. The van der Waals surface area contributed by atoms with Crippen LogP contribution in [0, 0.1) is 6.92 Å². The van der Waals surface area contributed by atoms with E-state index < -0.39 is 24.3 Å². The summed E-state index contributed by atoms with van der Waals surface area (Å²) in [4.78, 5) is 26.4. The smallest absolute Gasteiger partial charge is 0.475 e. The van der Waals surface area contributed by atoms with Gasteiger partial charge in [0.15, 0.2) is 0 Å². The van der Waals surface area contributed by atoms with Gasteiger partial charge in [-0.25, -0.2) is 14.6 Å². The topological polar surface area (TPSA) is 133 Å². The highest BCUT2D eigenvalue weighted by molar-refractivity contribution is 7.09. The normalized spacial score (nSPS) is 13.3. The van der Waals surface area contributed by atoms with E-state index in [2.05, 4.69) is 48.7 Å². The molecule has 3 aromatic heterocycles. The van der Waals surface area contributed by atoms with E-state index >= 15 is 0 Å². The van der Waals surface area contributed by atoms with Gasteiger partial charge < -0.3 is 20.1 Å². The van der Waals surface area contributed by atoms with Gasteiger partial charge in [0.25, 0.3) is 0 Å². The molecular weight excluding hydrogens is 546 g/mol. The highest BCUT2D eigenvalue weighted by Crippen LogP contribution is 2.18. The molecule has 3 N–H and O–H groups in total. The predicted octanol–water partition coefficient (Wildman–Crippen LogP) is 3.94. The number of alkyl halides is 6. The van der Waals surface area contributed by atoms with E-state index in [1.807, 2.05) is 30.4 Å². The number of aromatic nitrogens is 4. The maximum absolute atomic E-state index is 10.6. The summed E-state index contributed by atoms with van der Waals surface area (Å²) < 4.78 is 65.7. The first-order chi connectivity index (χ1) is 17.6. The highest BCUT2D eigenvalue weighted by Gasteiger charge is 2.38. The van der Waals surface area contributed by atoms with Crippen LogP contribution in [0.4, 0.5) is 32.2 Å². The molecule has 208 valence electrons. The Balaban J connectivity index is 0.000000301. The van der Waals surface area contributed by atoms with Crippen molar-refractivity contribution in [2.45, 2.75) is 45.5 Å². The van der Waals surface area contributed by atoms with Gasteiger partial charge in [-0.2, -0.15) is 31.4 Å². The standard InChI is InChI=1S/C17H20N6S.2C2HF3O2/c1-13-4-5-16(21-20-13)18-9-14-10-23-7-6-22(12-17(23)19-14)11-15-3-2-8-24-15;2*3-2(4,5)1(6)7/h2-5,8,10H,6-7,9,11-12H2,1H3,(H,18,21);2*(H,6,7). The van der Waals surface area contributed by atoms with Gasteiger partial charge in [-0.1, -0.05) is 6.07 Å². The van der Waals surface area contributed by atoms with Crippen LogP contribution in [-0.2, 0) is 35.8 Å². The lowest BCUT2D eigenvalue weighted by Gasteiger charge is -2.26. The van der Waals surface area contributed by atoms with Crippen LogP contribution in [0.5, 0.6) is 0 Å². The molecule has 10 nitrogen and oxygen atoms in total. The van der Waals surface area contributed by atoms with Crippen LogP contribution in [0.3, 0.4) is 0 Å². The molecule has 0 fully saturated rings. The van der Waals surface area contributed by atoms with E-state index in [4.69, 9.17) is 24.8 Å². The van der Waals surface area contributed by atoms with Crippen molar-refractivity contribution in [1.82, 2.24) is 24.6 Å². The molecule has 0 unspecified atom stereocenters. The van der Waals surface area contributed by atoms with Gasteiger partial charge in [-0.3, -0.25) is 4.90 Å². The van der Waals surface area contributed by atoms with Gasteiger partial charge in [0.05, 0.1) is 24.5 Å². The van der Waals surface area contributed by atoms with Gasteiger partial charge >= 0.3 is 24.3 Å². The summed E-state index contributed by atoms with van der Waals surface area (Å²) in [6, 6.07) is 8.21. The Kier molecular flexibility index (Phi) is 10.6. The third kappa shape index (κ3) is 10.3. The maximum atomic E-state index is 10.6. The summed E-state index contributed by atoms with van der Waals surface area (Å²) in [5.74, 6) is -3.59. The van der Waals surface area contributed by atoms with Gasteiger partial charge in [0.1, 0.15) is 11.6 Å². The first-order valence-electron chi connectivity index (χ1n) is 10.6. The number of nitrogens with one attached hydrogen (secondary N) is 1. The Bertz CT molecular complexity index is 1160. The van der Waals surface area contributed by atoms with E-state index in [9.17, 15) is 26.3 Å². The van der Waals surface area contributed by atoms with Crippen LogP contribution in [0.25, 0.3) is 0 Å². The quantitative estimate of drug-likeness (QED) is 0.392. The number of aliphatic carboxylic acids is 2. The molecular formula is C21H22F6N6O4S. The van der Waals surface area contributed by atoms with Crippen molar-refractivity contribution < 1.29 is 46.1 Å². The summed E-state index contributed by atoms with van der Waals surface area (Å²) in [5, 5.41) is 27.9. The van der Waals surface area contributed by atoms with Crippen molar-refractivity contribution >= 4 is 29.1 Å². The lowest BCUT2D eigenvalue weighted by Crippen LogP contribution is -2.32. The zero-order valence-electron chi connectivity index (χ0n) is 19.6. The Hall–Kier alpha value is -3.73. The minimum absolute atomic E-state index is 0.669. The Labute approximate surface area is 215 Å². The van der Waals surface area contributed by atoms with Gasteiger partial charge in [0.2, 0.25) is 0 Å². The minimum atomic E-state index is -5.08. The van der Waals surface area contributed by atoms with Crippen molar-refractivity contribution in [1.29, 1.82) is 0 Å². The molecule has 0 saturated heterocycles. The first-order valence-corrected chi connectivity index (χ1v) is 11.5. The van der Waals surface area contributed by atoms with Gasteiger partial charge in [-0.05, 0) is 30.5 Å². The third-order valence-corrected chi connectivity index (χ3v) is 5.49. The number of rotatable bonds is 5. The molecule has 0 spiro atoms. The molecule has 0 bridgehead atoms. The molecule has 38 heavy (non-hydrogen) atoms. The highest BCUT2D eigenvalue weighted by atomic mass is 32.1. The number of fused-ring (bicyclic) bond motifs is 1. The number of hydrogen-bond donors (Lipinski definition) is 3. The predicted molar refractivity (Wildman–Crippen MR) is 122 cm³/mol. The molecule has 0 radical (unpaired) electrons. The number of anilines is 1. The summed E-state index contributed by atoms with van der Waals surface area (Å²) in [6.07, 6.45) is -8.02. The molecule has 0 atom stereocenters. The fourth-order valence-electron chi connectivity index (χ4n) is 2.88. The molecule has 0 aliphatic carbocycles. The fraction of sp³-hybridized carbons (Fsp3) is 0.381. The second-order valence-electron chi connectivity index (χ2n) is 7.65. The number of halogens is 6. The number of carbonyl (C=O) groups is 2. The van der Waals surface area contributed by atoms with E-state index in [0.717, 1.165) is 49.2 Å². The number of carboxylic acid groups (broad SMARTS) is 2. The van der Waals surface area contributed by atoms with E-state index in [0.29, 0.717) is 6.54 Å². The zero-order chi connectivity index (χ0) is 28.5. The number of hydrogen-bond acceptors (Lipinski definition) is 8. The second kappa shape index (κ2) is 13.2. The van der Waals surface area contributed by atoms with Crippen LogP contribution in [0.1, 0.15) is 22.1 Å². The fourth-order valence-corrected chi connectivity index (χ4v) is 3.62. The largest absolute Gasteiger partial charge is 0.490 e. The molecule has 17 heteroatoms. The average molecular weight is 569 g/mol. The maximum Gasteiger partial charge on any atom is 0.490 e. The van der Waals surface area contributed by atoms with E-state index in [-0.39, 0.29) is 0 Å². The summed E-state index contributed by atoms with van der Waals surface area (Å²) in [7, 11) is 0. The van der Waals surface area contributed by atoms with Crippen LogP contribution in [0.15, 0.2) is 35.8 Å². The van der Waals surface area contributed by atoms with Crippen LogP contribution >= 0.6 is 11.3 Å². The van der Waals surface area contributed by atoms with Gasteiger partial charge in [0, 0.05) is 30.7 Å². The van der Waals surface area contributed by atoms with Crippen LogP contribution < -0.4 is 5.32 Å². The molecule has 1 aliphatic rings. The number of nitrogens with zero attached hydrogens (tertiary/aromatic N) is 5. The molecule has 0 amide bonds. The van der Waals surface area contributed by atoms with Crippen molar-refractivity contribution in [3.05, 3.63) is 57.9 Å². The molecule has 0 aromatic carbocycles.